The number of nitrogens with two attached hydrogens (primary N) is 1. The van der Waals surface area contributed by atoms with E-state index in [4.69, 9.17) is 10.8 Å². The summed E-state index contributed by atoms with van der Waals surface area (Å²) >= 11 is 0. The second-order valence-electron chi connectivity index (χ2n) is 5.97. The molecule has 2 rings (SSSR count). The van der Waals surface area contributed by atoms with Crippen LogP contribution in [0.25, 0.3) is 0 Å². The molecule has 2 atom stereocenters. The molecule has 5 nitrogen and oxygen atoms in total. The summed E-state index contributed by atoms with van der Waals surface area (Å²) in [4.78, 5) is 24.8. The normalized spacial score (nSPS) is 28.6. The Morgan fingerprint density at radius 3 is 2.37 bits per heavy atom. The number of aliphatic carboxylic acids is 1. The van der Waals surface area contributed by atoms with Gasteiger partial charge in [-0.25, -0.2) is 0 Å². The molecule has 2 unspecified atom stereocenters. The zero-order chi connectivity index (χ0) is 13.8. The zero-order valence-electron chi connectivity index (χ0n) is 11.4. The van der Waals surface area contributed by atoms with Gasteiger partial charge in [0.25, 0.3) is 0 Å². The average Bonchev–Trinajstić information content (AvgIpc) is 2.83. The third-order valence-electron chi connectivity index (χ3n) is 4.52. The topological polar surface area (TPSA) is 83.6 Å². The number of piperidine rings is 1. The Morgan fingerprint density at radius 1 is 1.16 bits per heavy atom. The SMILES string of the molecule is NC1CCC(C(=O)N2CCC(CCC(=O)O)CC2)C1. The molecule has 1 aliphatic carbocycles. The van der Waals surface area contributed by atoms with Crippen LogP contribution in [-0.2, 0) is 9.59 Å². The molecule has 5 heteroatoms. The van der Waals surface area contributed by atoms with E-state index in [0.717, 1.165) is 51.6 Å². The number of nitrogens with zero attached hydrogens (tertiary/aromatic N) is 1. The molecule has 0 aromatic heterocycles. The van der Waals surface area contributed by atoms with Gasteiger partial charge in [-0.05, 0) is 44.4 Å². The van der Waals surface area contributed by atoms with Crippen molar-refractivity contribution in [3.8, 4) is 0 Å². The molecule has 19 heavy (non-hydrogen) atoms. The lowest BCUT2D eigenvalue weighted by molar-refractivity contribution is -0.139. The first-order valence-electron chi connectivity index (χ1n) is 7.32. The highest BCUT2D eigenvalue weighted by Crippen LogP contribution is 2.29. The minimum absolute atomic E-state index is 0.130. The standard InChI is InChI=1S/C14H24N2O3/c15-12-3-2-11(9-12)14(19)16-7-5-10(6-8-16)1-4-13(17)18/h10-12H,1-9,15H2,(H,17,18). The van der Waals surface area contributed by atoms with Crippen molar-refractivity contribution in [2.24, 2.45) is 17.6 Å². The maximum atomic E-state index is 12.3. The molecule has 2 fully saturated rings. The summed E-state index contributed by atoms with van der Waals surface area (Å²) in [5, 5.41) is 8.68. The van der Waals surface area contributed by atoms with Crippen molar-refractivity contribution in [3.63, 3.8) is 0 Å². The summed E-state index contributed by atoms with van der Waals surface area (Å²) in [5.74, 6) is 0.139. The molecule has 1 amide bonds. The minimum atomic E-state index is -0.724. The van der Waals surface area contributed by atoms with E-state index in [0.29, 0.717) is 5.92 Å². The molecule has 1 heterocycles. The monoisotopic (exact) mass is 268 g/mol. The Balaban J connectivity index is 1.73. The Kier molecular flexibility index (Phi) is 4.80. The van der Waals surface area contributed by atoms with Crippen LogP contribution in [-0.4, -0.2) is 41.0 Å². The minimum Gasteiger partial charge on any atom is -0.481 e. The lowest BCUT2D eigenvalue weighted by atomic mass is 9.91. The second-order valence-corrected chi connectivity index (χ2v) is 5.97. The van der Waals surface area contributed by atoms with Crippen molar-refractivity contribution in [3.05, 3.63) is 0 Å². The van der Waals surface area contributed by atoms with Crippen LogP contribution >= 0.6 is 0 Å². The number of likely N-dealkylation sites (tertiary alicyclic amines) is 1. The van der Waals surface area contributed by atoms with Crippen LogP contribution in [0.15, 0.2) is 0 Å². The van der Waals surface area contributed by atoms with Gasteiger partial charge in [0.1, 0.15) is 0 Å². The molecule has 2 aliphatic rings. The first kappa shape index (κ1) is 14.3. The van der Waals surface area contributed by atoms with Crippen molar-refractivity contribution < 1.29 is 14.7 Å². The van der Waals surface area contributed by atoms with Crippen molar-refractivity contribution in [2.75, 3.05) is 13.1 Å². The van der Waals surface area contributed by atoms with Crippen LogP contribution in [0.2, 0.25) is 0 Å². The zero-order valence-corrected chi connectivity index (χ0v) is 11.4. The maximum absolute atomic E-state index is 12.3. The largest absolute Gasteiger partial charge is 0.481 e. The molecule has 1 saturated heterocycles. The predicted octanol–water partition coefficient (Wildman–Crippen LogP) is 1.22. The number of carboxylic acids is 1. The van der Waals surface area contributed by atoms with Gasteiger partial charge in [-0.3, -0.25) is 9.59 Å². The van der Waals surface area contributed by atoms with Crippen LogP contribution in [0.3, 0.4) is 0 Å². The third kappa shape index (κ3) is 3.93. The Bertz CT molecular complexity index is 338. The number of hydrogen-bond acceptors (Lipinski definition) is 3. The summed E-state index contributed by atoms with van der Waals surface area (Å²) in [6.45, 7) is 1.57. The van der Waals surface area contributed by atoms with E-state index in [1.807, 2.05) is 4.90 Å². The summed E-state index contributed by atoms with van der Waals surface area (Å²) in [7, 11) is 0. The molecule has 0 aromatic rings. The second kappa shape index (κ2) is 6.37. The van der Waals surface area contributed by atoms with E-state index >= 15 is 0 Å². The van der Waals surface area contributed by atoms with Crippen LogP contribution in [0.4, 0.5) is 0 Å². The lowest BCUT2D eigenvalue weighted by Crippen LogP contribution is -2.41. The highest BCUT2D eigenvalue weighted by Gasteiger charge is 2.32. The van der Waals surface area contributed by atoms with Gasteiger partial charge in [-0.15, -0.1) is 0 Å². The molecule has 1 saturated carbocycles. The first-order valence-corrected chi connectivity index (χ1v) is 7.32. The van der Waals surface area contributed by atoms with Crippen molar-refractivity contribution in [2.45, 2.75) is 51.0 Å². The Labute approximate surface area is 114 Å². The molecule has 0 bridgehead atoms. The van der Waals surface area contributed by atoms with Crippen LogP contribution in [0, 0.1) is 11.8 Å². The number of carbonyl (C=O) groups excluding carboxylic acids is 1. The molecule has 0 spiro atoms. The highest BCUT2D eigenvalue weighted by atomic mass is 16.4. The van der Waals surface area contributed by atoms with E-state index in [2.05, 4.69) is 0 Å². The van der Waals surface area contributed by atoms with Gasteiger partial charge < -0.3 is 15.7 Å². The average molecular weight is 268 g/mol. The molecular weight excluding hydrogens is 244 g/mol. The van der Waals surface area contributed by atoms with Gasteiger partial charge in [-0.2, -0.15) is 0 Å². The highest BCUT2D eigenvalue weighted by molar-refractivity contribution is 5.79. The number of carboxylic acid groups (broad SMARTS) is 1. The first-order chi connectivity index (χ1) is 9.06. The van der Waals surface area contributed by atoms with Crippen molar-refractivity contribution in [1.82, 2.24) is 4.90 Å². The van der Waals surface area contributed by atoms with Crippen molar-refractivity contribution >= 4 is 11.9 Å². The van der Waals surface area contributed by atoms with Gasteiger partial charge in [0, 0.05) is 31.5 Å². The van der Waals surface area contributed by atoms with E-state index in [1.165, 1.54) is 0 Å². The lowest BCUT2D eigenvalue weighted by Gasteiger charge is -2.33. The van der Waals surface area contributed by atoms with E-state index in [-0.39, 0.29) is 24.3 Å². The fourth-order valence-electron chi connectivity index (χ4n) is 3.27. The fraction of sp³-hybridized carbons (Fsp3) is 0.857. The molecule has 3 N–H and O–H groups in total. The number of rotatable bonds is 4. The quantitative estimate of drug-likeness (QED) is 0.803. The summed E-state index contributed by atoms with van der Waals surface area (Å²) in [6, 6.07) is 0.196. The molecule has 108 valence electrons. The van der Waals surface area contributed by atoms with E-state index < -0.39 is 5.97 Å². The number of amides is 1. The van der Waals surface area contributed by atoms with Gasteiger partial charge in [-0.1, -0.05) is 0 Å². The Morgan fingerprint density at radius 2 is 1.84 bits per heavy atom. The van der Waals surface area contributed by atoms with Crippen LogP contribution in [0.5, 0.6) is 0 Å². The van der Waals surface area contributed by atoms with Crippen LogP contribution in [0.1, 0.15) is 44.9 Å². The summed E-state index contributed by atoms with van der Waals surface area (Å²) < 4.78 is 0. The van der Waals surface area contributed by atoms with Gasteiger partial charge >= 0.3 is 5.97 Å². The maximum Gasteiger partial charge on any atom is 0.303 e. The molecule has 0 radical (unpaired) electrons. The van der Waals surface area contributed by atoms with Gasteiger partial charge in [0.05, 0.1) is 0 Å². The van der Waals surface area contributed by atoms with E-state index in [1.54, 1.807) is 0 Å². The predicted molar refractivity (Wildman–Crippen MR) is 71.5 cm³/mol. The number of carbonyl (C=O) groups is 2. The molecule has 0 aromatic carbocycles. The molecular formula is C14H24N2O3. The van der Waals surface area contributed by atoms with Crippen molar-refractivity contribution in [1.29, 1.82) is 0 Å². The number of hydrogen-bond donors (Lipinski definition) is 2. The van der Waals surface area contributed by atoms with Gasteiger partial charge in [0.15, 0.2) is 0 Å². The summed E-state index contributed by atoms with van der Waals surface area (Å²) in [5.41, 5.74) is 5.86. The fourth-order valence-corrected chi connectivity index (χ4v) is 3.27. The molecule has 1 aliphatic heterocycles. The Hall–Kier alpha value is -1.10. The van der Waals surface area contributed by atoms with Gasteiger partial charge in [0.2, 0.25) is 5.91 Å². The summed E-state index contributed by atoms with van der Waals surface area (Å²) in [6.07, 6.45) is 5.60. The third-order valence-corrected chi connectivity index (χ3v) is 4.52. The van der Waals surface area contributed by atoms with Crippen LogP contribution < -0.4 is 5.73 Å². The smallest absolute Gasteiger partial charge is 0.303 e. The van der Waals surface area contributed by atoms with E-state index in [9.17, 15) is 9.59 Å².